The van der Waals surface area contributed by atoms with Crippen LogP contribution in [0.1, 0.15) is 11.3 Å². The second-order valence-electron chi connectivity index (χ2n) is 4.04. The fraction of sp³-hybridized carbons (Fsp3) is 0.167. The Hall–Kier alpha value is -2.71. The first-order valence-electron chi connectivity index (χ1n) is 5.72. The number of non-ortho nitro benzene ring substituents is 1. The van der Waals surface area contributed by atoms with E-state index in [1.807, 2.05) is 0 Å². The van der Waals surface area contributed by atoms with Crippen LogP contribution in [0, 0.1) is 10.1 Å². The molecular formula is C12H9F3N4O2. The van der Waals surface area contributed by atoms with Gasteiger partial charge in [0.1, 0.15) is 6.33 Å². The molecule has 9 heteroatoms. The van der Waals surface area contributed by atoms with E-state index >= 15 is 0 Å². The number of nitrogens with one attached hydrogen (secondary N) is 1. The molecule has 6 nitrogen and oxygen atoms in total. The maximum atomic E-state index is 12.9. The van der Waals surface area contributed by atoms with Gasteiger partial charge in [0.15, 0.2) is 0 Å². The van der Waals surface area contributed by atoms with Crippen LogP contribution in [0.15, 0.2) is 36.8 Å². The molecule has 0 aliphatic rings. The zero-order valence-corrected chi connectivity index (χ0v) is 10.5. The van der Waals surface area contributed by atoms with Crippen molar-refractivity contribution in [2.75, 3.05) is 5.32 Å². The maximum Gasteiger partial charge on any atom is 0.418 e. The average Bonchev–Trinajstić information content (AvgIpc) is 2.45. The van der Waals surface area contributed by atoms with E-state index in [1.165, 1.54) is 12.5 Å². The number of alkyl halides is 3. The molecule has 0 spiro atoms. The Bertz CT molecular complexity index is 647. The van der Waals surface area contributed by atoms with Gasteiger partial charge in [-0.3, -0.25) is 10.1 Å². The summed E-state index contributed by atoms with van der Waals surface area (Å²) >= 11 is 0. The molecule has 0 bridgehead atoms. The first-order chi connectivity index (χ1) is 9.88. The first kappa shape index (κ1) is 14.7. The molecule has 0 radical (unpaired) electrons. The molecule has 1 heterocycles. The Morgan fingerprint density at radius 2 is 2.05 bits per heavy atom. The molecule has 0 saturated carbocycles. The van der Waals surface area contributed by atoms with E-state index in [0.717, 1.165) is 12.1 Å². The third kappa shape index (κ3) is 3.65. The molecule has 2 rings (SSSR count). The number of nitro benzene ring substituents is 1. The highest BCUT2D eigenvalue weighted by molar-refractivity contribution is 5.57. The maximum absolute atomic E-state index is 12.9. The van der Waals surface area contributed by atoms with Crippen molar-refractivity contribution in [2.24, 2.45) is 0 Å². The highest BCUT2D eigenvalue weighted by atomic mass is 19.4. The Morgan fingerprint density at radius 1 is 1.29 bits per heavy atom. The molecule has 0 aliphatic carbocycles. The molecule has 0 atom stereocenters. The summed E-state index contributed by atoms with van der Waals surface area (Å²) in [5, 5.41) is 13.1. The topological polar surface area (TPSA) is 81.0 Å². The summed E-state index contributed by atoms with van der Waals surface area (Å²) in [5.41, 5.74) is -1.45. The summed E-state index contributed by atoms with van der Waals surface area (Å²) in [7, 11) is 0. The highest BCUT2D eigenvalue weighted by Gasteiger charge is 2.35. The molecule has 1 aromatic heterocycles. The van der Waals surface area contributed by atoms with Gasteiger partial charge in [-0.05, 0) is 12.1 Å². The van der Waals surface area contributed by atoms with E-state index in [0.29, 0.717) is 11.8 Å². The molecule has 110 valence electrons. The predicted octanol–water partition coefficient (Wildman–Crippen LogP) is 3.02. The minimum absolute atomic E-state index is 0.0451. The van der Waals surface area contributed by atoms with Gasteiger partial charge in [-0.25, -0.2) is 9.97 Å². The van der Waals surface area contributed by atoms with Gasteiger partial charge in [0.2, 0.25) is 0 Å². The minimum Gasteiger partial charge on any atom is -0.379 e. The molecule has 1 aromatic carbocycles. The van der Waals surface area contributed by atoms with Crippen LogP contribution in [-0.4, -0.2) is 14.9 Å². The van der Waals surface area contributed by atoms with Crippen molar-refractivity contribution in [1.29, 1.82) is 0 Å². The average molecular weight is 298 g/mol. The predicted molar refractivity (Wildman–Crippen MR) is 67.5 cm³/mol. The molecule has 0 unspecified atom stereocenters. The molecule has 0 saturated heterocycles. The number of anilines is 1. The van der Waals surface area contributed by atoms with Gasteiger partial charge in [0, 0.05) is 24.0 Å². The monoisotopic (exact) mass is 298 g/mol. The Balaban J connectivity index is 2.28. The lowest BCUT2D eigenvalue weighted by Gasteiger charge is -2.14. The van der Waals surface area contributed by atoms with Gasteiger partial charge in [-0.2, -0.15) is 13.2 Å². The summed E-state index contributed by atoms with van der Waals surface area (Å²) < 4.78 is 38.8. The summed E-state index contributed by atoms with van der Waals surface area (Å²) in [4.78, 5) is 17.3. The summed E-state index contributed by atoms with van der Waals surface area (Å²) in [6, 6.07) is 4.09. The second kappa shape index (κ2) is 5.73. The van der Waals surface area contributed by atoms with Gasteiger partial charge < -0.3 is 5.32 Å². The number of rotatable bonds is 4. The standard InChI is InChI=1S/C12H9F3N4O2/c13-12(14,15)10-5-9(19(20)21)1-2-11(10)17-6-8-3-4-16-7-18-8/h1-5,7,17H,6H2. The van der Waals surface area contributed by atoms with E-state index < -0.39 is 22.4 Å². The molecule has 2 aromatic rings. The third-order valence-electron chi connectivity index (χ3n) is 2.62. The summed E-state index contributed by atoms with van der Waals surface area (Å²) in [6.07, 6.45) is -1.96. The lowest BCUT2D eigenvalue weighted by atomic mass is 10.1. The van der Waals surface area contributed by atoms with E-state index in [4.69, 9.17) is 0 Å². The quantitative estimate of drug-likeness (QED) is 0.693. The van der Waals surface area contributed by atoms with Gasteiger partial charge >= 0.3 is 6.18 Å². The number of halogens is 3. The molecular weight excluding hydrogens is 289 g/mol. The van der Waals surface area contributed by atoms with E-state index in [1.54, 1.807) is 6.07 Å². The van der Waals surface area contributed by atoms with Gasteiger partial charge in [0.25, 0.3) is 5.69 Å². The van der Waals surface area contributed by atoms with Crippen molar-refractivity contribution in [1.82, 2.24) is 9.97 Å². The largest absolute Gasteiger partial charge is 0.418 e. The number of hydrogen-bond acceptors (Lipinski definition) is 5. The second-order valence-corrected chi connectivity index (χ2v) is 4.04. The van der Waals surface area contributed by atoms with Crippen LogP contribution in [0.4, 0.5) is 24.5 Å². The van der Waals surface area contributed by atoms with Gasteiger partial charge in [-0.15, -0.1) is 0 Å². The minimum atomic E-state index is -4.69. The van der Waals surface area contributed by atoms with Crippen molar-refractivity contribution in [3.8, 4) is 0 Å². The summed E-state index contributed by atoms with van der Waals surface area (Å²) in [6.45, 7) is 0.0451. The number of nitrogens with zero attached hydrogens (tertiary/aromatic N) is 3. The molecule has 0 aliphatic heterocycles. The molecule has 0 fully saturated rings. The van der Waals surface area contributed by atoms with E-state index in [2.05, 4.69) is 15.3 Å². The normalized spacial score (nSPS) is 11.2. The van der Waals surface area contributed by atoms with Crippen LogP contribution in [0.2, 0.25) is 0 Å². The lowest BCUT2D eigenvalue weighted by Crippen LogP contribution is -2.12. The van der Waals surface area contributed by atoms with Crippen LogP contribution in [0.25, 0.3) is 0 Å². The number of hydrogen-bond donors (Lipinski definition) is 1. The Kier molecular flexibility index (Phi) is 4.01. The summed E-state index contributed by atoms with van der Waals surface area (Å²) in [5.74, 6) is 0. The van der Waals surface area contributed by atoms with Crippen molar-refractivity contribution >= 4 is 11.4 Å². The third-order valence-corrected chi connectivity index (χ3v) is 2.62. The zero-order chi connectivity index (χ0) is 15.5. The van der Waals surface area contributed by atoms with Crippen LogP contribution in [0.5, 0.6) is 0 Å². The van der Waals surface area contributed by atoms with Crippen molar-refractivity contribution in [3.63, 3.8) is 0 Å². The molecule has 1 N–H and O–H groups in total. The number of nitro groups is 1. The Labute approximate surface area is 116 Å². The fourth-order valence-electron chi connectivity index (χ4n) is 1.64. The van der Waals surface area contributed by atoms with Gasteiger partial charge in [-0.1, -0.05) is 0 Å². The van der Waals surface area contributed by atoms with Crippen molar-refractivity contribution in [2.45, 2.75) is 12.7 Å². The van der Waals surface area contributed by atoms with E-state index in [9.17, 15) is 23.3 Å². The van der Waals surface area contributed by atoms with Gasteiger partial charge in [0.05, 0.1) is 22.7 Å². The number of benzene rings is 1. The molecule has 0 amide bonds. The number of aromatic nitrogens is 2. The van der Waals surface area contributed by atoms with Crippen molar-refractivity contribution in [3.05, 3.63) is 58.2 Å². The fourth-order valence-corrected chi connectivity index (χ4v) is 1.64. The van der Waals surface area contributed by atoms with E-state index in [-0.39, 0.29) is 12.2 Å². The molecule has 21 heavy (non-hydrogen) atoms. The SMILES string of the molecule is O=[N+]([O-])c1ccc(NCc2ccncn2)c(C(F)(F)F)c1. The lowest BCUT2D eigenvalue weighted by molar-refractivity contribution is -0.385. The van der Waals surface area contributed by atoms with Crippen LogP contribution < -0.4 is 5.32 Å². The van der Waals surface area contributed by atoms with Crippen LogP contribution >= 0.6 is 0 Å². The zero-order valence-electron chi connectivity index (χ0n) is 10.5. The smallest absolute Gasteiger partial charge is 0.379 e. The van der Waals surface area contributed by atoms with Crippen LogP contribution in [0.3, 0.4) is 0 Å². The highest BCUT2D eigenvalue weighted by Crippen LogP contribution is 2.37. The first-order valence-corrected chi connectivity index (χ1v) is 5.72. The van der Waals surface area contributed by atoms with Crippen LogP contribution in [-0.2, 0) is 12.7 Å². The Morgan fingerprint density at radius 3 is 2.62 bits per heavy atom. The van der Waals surface area contributed by atoms with Crippen molar-refractivity contribution < 1.29 is 18.1 Å².